The van der Waals surface area contributed by atoms with Crippen LogP contribution < -0.4 is 4.90 Å². The van der Waals surface area contributed by atoms with Gasteiger partial charge in [-0.25, -0.2) is 0 Å². The fraction of sp³-hybridized carbons (Fsp3) is 0.571. The summed E-state index contributed by atoms with van der Waals surface area (Å²) in [5.74, 6) is 0. The van der Waals surface area contributed by atoms with Crippen molar-refractivity contribution in [3.63, 3.8) is 0 Å². The maximum absolute atomic E-state index is 5.66. The van der Waals surface area contributed by atoms with E-state index in [0.29, 0.717) is 12.1 Å². The van der Waals surface area contributed by atoms with Crippen LogP contribution in [0.5, 0.6) is 0 Å². The number of aryl methyl sites for hydroxylation is 1. The topological polar surface area (TPSA) is 12.5 Å². The van der Waals surface area contributed by atoms with Gasteiger partial charge in [-0.2, -0.15) is 0 Å². The molecule has 88 valence electrons. The lowest BCUT2D eigenvalue weighted by Gasteiger charge is -2.39. The SMILES string of the molecule is CCc1cccc(N2CCO[C@@H](C)[C@H]2C)c1. The maximum atomic E-state index is 5.66. The molecule has 0 amide bonds. The van der Waals surface area contributed by atoms with Crippen LogP contribution in [0.3, 0.4) is 0 Å². The van der Waals surface area contributed by atoms with Crippen LogP contribution in [0.15, 0.2) is 24.3 Å². The minimum Gasteiger partial charge on any atom is -0.375 e. The molecular weight excluding hydrogens is 198 g/mol. The van der Waals surface area contributed by atoms with E-state index in [1.807, 2.05) is 0 Å². The highest BCUT2D eigenvalue weighted by Gasteiger charge is 2.25. The molecule has 0 bridgehead atoms. The normalized spacial score (nSPS) is 25.8. The summed E-state index contributed by atoms with van der Waals surface area (Å²) in [6.45, 7) is 8.42. The smallest absolute Gasteiger partial charge is 0.0748 e. The quantitative estimate of drug-likeness (QED) is 0.758. The van der Waals surface area contributed by atoms with Crippen molar-refractivity contribution < 1.29 is 4.74 Å². The first-order valence-electron chi connectivity index (χ1n) is 6.19. The number of hydrogen-bond acceptors (Lipinski definition) is 2. The van der Waals surface area contributed by atoms with E-state index in [9.17, 15) is 0 Å². The molecule has 0 saturated carbocycles. The predicted octanol–water partition coefficient (Wildman–Crippen LogP) is 2.86. The van der Waals surface area contributed by atoms with Gasteiger partial charge >= 0.3 is 0 Å². The van der Waals surface area contributed by atoms with Crippen molar-refractivity contribution in [1.82, 2.24) is 0 Å². The fourth-order valence-corrected chi connectivity index (χ4v) is 2.25. The van der Waals surface area contributed by atoms with Gasteiger partial charge in [0.1, 0.15) is 0 Å². The van der Waals surface area contributed by atoms with E-state index >= 15 is 0 Å². The van der Waals surface area contributed by atoms with Crippen LogP contribution in [-0.2, 0) is 11.2 Å². The van der Waals surface area contributed by atoms with Crippen LogP contribution >= 0.6 is 0 Å². The summed E-state index contributed by atoms with van der Waals surface area (Å²) in [5, 5.41) is 0. The third kappa shape index (κ3) is 2.22. The van der Waals surface area contributed by atoms with Crippen molar-refractivity contribution >= 4 is 5.69 Å². The van der Waals surface area contributed by atoms with E-state index in [-0.39, 0.29) is 0 Å². The summed E-state index contributed by atoms with van der Waals surface area (Å²) in [7, 11) is 0. The molecular formula is C14H21NO. The Balaban J connectivity index is 2.21. The Morgan fingerprint density at radius 2 is 2.19 bits per heavy atom. The minimum atomic E-state index is 0.319. The fourth-order valence-electron chi connectivity index (χ4n) is 2.25. The average Bonchev–Trinajstić information content (AvgIpc) is 2.33. The monoisotopic (exact) mass is 219 g/mol. The van der Waals surface area contributed by atoms with Gasteiger partial charge in [-0.05, 0) is 38.0 Å². The summed E-state index contributed by atoms with van der Waals surface area (Å²) in [6.07, 6.45) is 1.42. The van der Waals surface area contributed by atoms with Gasteiger partial charge in [-0.3, -0.25) is 0 Å². The molecule has 0 unspecified atom stereocenters. The van der Waals surface area contributed by atoms with Gasteiger partial charge in [0.2, 0.25) is 0 Å². The second kappa shape index (κ2) is 4.88. The van der Waals surface area contributed by atoms with Crippen LogP contribution in [0.2, 0.25) is 0 Å². The predicted molar refractivity (Wildman–Crippen MR) is 68.0 cm³/mol. The Kier molecular flexibility index (Phi) is 3.49. The minimum absolute atomic E-state index is 0.319. The Bertz CT molecular complexity index is 350. The molecule has 1 saturated heterocycles. The summed E-state index contributed by atoms with van der Waals surface area (Å²) < 4.78 is 5.66. The molecule has 1 fully saturated rings. The third-order valence-corrected chi connectivity index (χ3v) is 3.53. The van der Waals surface area contributed by atoms with Crippen molar-refractivity contribution in [2.45, 2.75) is 39.3 Å². The van der Waals surface area contributed by atoms with Gasteiger partial charge in [0, 0.05) is 12.2 Å². The molecule has 16 heavy (non-hydrogen) atoms. The number of benzene rings is 1. The van der Waals surface area contributed by atoms with Crippen molar-refractivity contribution in [1.29, 1.82) is 0 Å². The first kappa shape index (κ1) is 11.5. The first-order chi connectivity index (χ1) is 7.72. The first-order valence-corrected chi connectivity index (χ1v) is 6.19. The van der Waals surface area contributed by atoms with Crippen molar-refractivity contribution in [2.24, 2.45) is 0 Å². The van der Waals surface area contributed by atoms with Crippen LogP contribution in [0.1, 0.15) is 26.3 Å². The summed E-state index contributed by atoms with van der Waals surface area (Å²) in [4.78, 5) is 2.45. The van der Waals surface area contributed by atoms with E-state index in [2.05, 4.69) is 49.9 Å². The number of ether oxygens (including phenoxy) is 1. The molecule has 1 heterocycles. The van der Waals surface area contributed by atoms with E-state index in [0.717, 1.165) is 19.6 Å². The van der Waals surface area contributed by atoms with Gasteiger partial charge in [-0.15, -0.1) is 0 Å². The highest BCUT2D eigenvalue weighted by molar-refractivity contribution is 5.50. The number of hydrogen-bond donors (Lipinski definition) is 0. The molecule has 2 rings (SSSR count). The Hall–Kier alpha value is -1.02. The lowest BCUT2D eigenvalue weighted by molar-refractivity contribution is 0.0284. The van der Waals surface area contributed by atoms with Gasteiger partial charge in [-0.1, -0.05) is 19.1 Å². The van der Waals surface area contributed by atoms with Crippen molar-refractivity contribution in [3.8, 4) is 0 Å². The molecule has 1 aromatic rings. The van der Waals surface area contributed by atoms with Gasteiger partial charge < -0.3 is 9.64 Å². The molecule has 0 radical (unpaired) electrons. The zero-order valence-electron chi connectivity index (χ0n) is 10.4. The number of nitrogens with zero attached hydrogens (tertiary/aromatic N) is 1. The maximum Gasteiger partial charge on any atom is 0.0748 e. The molecule has 1 aliphatic heterocycles. The molecule has 2 heteroatoms. The van der Waals surface area contributed by atoms with Gasteiger partial charge in [0.05, 0.1) is 18.8 Å². The van der Waals surface area contributed by atoms with Crippen molar-refractivity contribution in [3.05, 3.63) is 29.8 Å². The largest absolute Gasteiger partial charge is 0.375 e. The number of anilines is 1. The molecule has 0 spiro atoms. The molecule has 1 aromatic carbocycles. The zero-order valence-corrected chi connectivity index (χ0v) is 10.4. The molecule has 0 aromatic heterocycles. The van der Waals surface area contributed by atoms with Crippen LogP contribution in [0.25, 0.3) is 0 Å². The second-order valence-electron chi connectivity index (χ2n) is 4.53. The molecule has 2 atom stereocenters. The standard InChI is InChI=1S/C14H21NO/c1-4-13-6-5-7-14(10-13)15-8-9-16-12(3)11(15)2/h5-7,10-12H,4,8-9H2,1-3H3/t11-,12+/m1/s1. The van der Waals surface area contributed by atoms with E-state index in [1.165, 1.54) is 11.3 Å². The Labute approximate surface area is 98.2 Å². The molecule has 0 aliphatic carbocycles. The van der Waals surface area contributed by atoms with E-state index in [4.69, 9.17) is 4.74 Å². The Morgan fingerprint density at radius 1 is 1.38 bits per heavy atom. The third-order valence-electron chi connectivity index (χ3n) is 3.53. The van der Waals surface area contributed by atoms with Crippen LogP contribution in [-0.4, -0.2) is 25.3 Å². The van der Waals surface area contributed by atoms with E-state index < -0.39 is 0 Å². The van der Waals surface area contributed by atoms with E-state index in [1.54, 1.807) is 0 Å². The summed E-state index contributed by atoms with van der Waals surface area (Å²) in [6, 6.07) is 9.31. The summed E-state index contributed by atoms with van der Waals surface area (Å²) in [5.41, 5.74) is 2.74. The van der Waals surface area contributed by atoms with Crippen LogP contribution in [0, 0.1) is 0 Å². The lowest BCUT2D eigenvalue weighted by atomic mass is 10.1. The molecule has 1 aliphatic rings. The highest BCUT2D eigenvalue weighted by atomic mass is 16.5. The highest BCUT2D eigenvalue weighted by Crippen LogP contribution is 2.23. The van der Waals surface area contributed by atoms with Gasteiger partial charge in [0.15, 0.2) is 0 Å². The van der Waals surface area contributed by atoms with Gasteiger partial charge in [0.25, 0.3) is 0 Å². The lowest BCUT2D eigenvalue weighted by Crippen LogP contribution is -2.48. The number of rotatable bonds is 2. The van der Waals surface area contributed by atoms with Crippen LogP contribution in [0.4, 0.5) is 5.69 Å². The number of morpholine rings is 1. The zero-order chi connectivity index (χ0) is 11.5. The Morgan fingerprint density at radius 3 is 2.94 bits per heavy atom. The second-order valence-corrected chi connectivity index (χ2v) is 4.53. The summed E-state index contributed by atoms with van der Waals surface area (Å²) >= 11 is 0. The molecule has 0 N–H and O–H groups in total. The van der Waals surface area contributed by atoms with Crippen molar-refractivity contribution in [2.75, 3.05) is 18.1 Å². The molecule has 2 nitrogen and oxygen atoms in total. The average molecular weight is 219 g/mol.